The Bertz CT molecular complexity index is 234. The van der Waals surface area contributed by atoms with E-state index in [1.165, 1.54) is 12.8 Å². The van der Waals surface area contributed by atoms with Gasteiger partial charge in [0.25, 0.3) is 0 Å². The maximum absolute atomic E-state index is 10.6. The third kappa shape index (κ3) is 18.2. The lowest BCUT2D eigenvalue weighted by molar-refractivity contribution is -0.137. The van der Waals surface area contributed by atoms with Gasteiger partial charge in [-0.15, -0.1) is 0 Å². The van der Waals surface area contributed by atoms with Crippen LogP contribution in [0.15, 0.2) is 0 Å². The molecule has 6 heteroatoms. The molecule has 17 heavy (non-hydrogen) atoms. The molecule has 0 saturated carbocycles. The van der Waals surface area contributed by atoms with Gasteiger partial charge in [-0.25, -0.2) is 0 Å². The summed E-state index contributed by atoms with van der Waals surface area (Å²) < 4.78 is 10.6. The molecule has 0 aromatic carbocycles. The molecule has 0 aromatic heterocycles. The Labute approximate surface area is 103 Å². The largest absolute Gasteiger partial charge is 0.481 e. The first-order valence-electron chi connectivity index (χ1n) is 6.03. The molecule has 0 aromatic rings. The van der Waals surface area contributed by atoms with Crippen LogP contribution >= 0.6 is 7.60 Å². The molecule has 104 valence electrons. The van der Waals surface area contributed by atoms with Crippen LogP contribution in [-0.4, -0.2) is 27.0 Å². The standard InChI is InChI=1S/C7H15O5P.C4H10/c1-2-3-6(4-7(8)9)5-13(10,11)12;1-3-4-2/h6H,2-5H2,1H3,(H,8,9)(H2,10,11,12);3-4H2,1-2H3. The molecule has 0 heterocycles. The predicted molar refractivity (Wildman–Crippen MR) is 68.1 cm³/mol. The van der Waals surface area contributed by atoms with Crippen LogP contribution in [0.25, 0.3) is 0 Å². The molecule has 0 saturated heterocycles. The second-order valence-corrected chi connectivity index (χ2v) is 5.79. The molecule has 0 aliphatic heterocycles. The first-order chi connectivity index (χ1) is 7.76. The maximum Gasteiger partial charge on any atom is 0.325 e. The normalized spacial score (nSPS) is 12.5. The van der Waals surface area contributed by atoms with Crippen LogP contribution in [0.5, 0.6) is 0 Å². The van der Waals surface area contributed by atoms with Crippen molar-refractivity contribution in [2.24, 2.45) is 5.92 Å². The van der Waals surface area contributed by atoms with Crippen LogP contribution in [-0.2, 0) is 9.36 Å². The van der Waals surface area contributed by atoms with E-state index in [0.717, 1.165) is 6.42 Å². The summed E-state index contributed by atoms with van der Waals surface area (Å²) >= 11 is 0. The maximum atomic E-state index is 10.6. The SMILES string of the molecule is CCCC.CCCC(CC(=O)O)CP(=O)(O)O. The summed E-state index contributed by atoms with van der Waals surface area (Å²) in [6.07, 6.45) is 3.42. The Morgan fingerprint density at radius 2 is 1.59 bits per heavy atom. The highest BCUT2D eigenvalue weighted by molar-refractivity contribution is 7.51. The minimum atomic E-state index is -4.07. The molecule has 0 aliphatic rings. The molecule has 0 rings (SSSR count). The topological polar surface area (TPSA) is 94.8 Å². The Hall–Kier alpha value is -0.380. The number of hydrogen-bond acceptors (Lipinski definition) is 2. The second-order valence-electron chi connectivity index (χ2n) is 4.10. The van der Waals surface area contributed by atoms with Crippen LogP contribution in [0.3, 0.4) is 0 Å². The summed E-state index contributed by atoms with van der Waals surface area (Å²) in [6, 6.07) is 0. The molecule has 0 fully saturated rings. The second kappa shape index (κ2) is 10.8. The zero-order valence-corrected chi connectivity index (χ0v) is 11.8. The van der Waals surface area contributed by atoms with E-state index in [2.05, 4.69) is 13.8 Å². The van der Waals surface area contributed by atoms with Gasteiger partial charge in [-0.3, -0.25) is 9.36 Å². The zero-order valence-electron chi connectivity index (χ0n) is 10.9. The summed E-state index contributed by atoms with van der Waals surface area (Å²) in [5, 5.41) is 8.45. The summed E-state index contributed by atoms with van der Waals surface area (Å²) in [5.41, 5.74) is 0. The molecule has 1 atom stereocenters. The fourth-order valence-corrected chi connectivity index (χ4v) is 2.23. The molecule has 0 amide bonds. The number of aliphatic carboxylic acids is 1. The van der Waals surface area contributed by atoms with Crippen molar-refractivity contribution in [3.05, 3.63) is 0 Å². The molecule has 0 bridgehead atoms. The highest BCUT2D eigenvalue weighted by atomic mass is 31.2. The minimum Gasteiger partial charge on any atom is -0.481 e. The summed E-state index contributed by atoms with van der Waals surface area (Å²) in [5.74, 6) is -1.42. The third-order valence-corrected chi connectivity index (χ3v) is 3.15. The Kier molecular flexibility index (Phi) is 12.0. The molecular weight excluding hydrogens is 243 g/mol. The van der Waals surface area contributed by atoms with Crippen molar-refractivity contribution in [1.29, 1.82) is 0 Å². The van der Waals surface area contributed by atoms with Crippen LogP contribution in [0.1, 0.15) is 52.9 Å². The monoisotopic (exact) mass is 268 g/mol. The van der Waals surface area contributed by atoms with Crippen LogP contribution in [0, 0.1) is 5.92 Å². The molecule has 3 N–H and O–H groups in total. The van der Waals surface area contributed by atoms with Gasteiger partial charge in [0, 0.05) is 6.42 Å². The van der Waals surface area contributed by atoms with Crippen molar-refractivity contribution < 1.29 is 24.3 Å². The lowest BCUT2D eigenvalue weighted by Gasteiger charge is -2.13. The fourth-order valence-electron chi connectivity index (χ4n) is 1.25. The van der Waals surface area contributed by atoms with Crippen molar-refractivity contribution in [2.75, 3.05) is 6.16 Å². The van der Waals surface area contributed by atoms with E-state index in [4.69, 9.17) is 14.9 Å². The lowest BCUT2D eigenvalue weighted by atomic mass is 10.0. The Morgan fingerprint density at radius 1 is 1.12 bits per heavy atom. The summed E-state index contributed by atoms with van der Waals surface area (Å²) in [6.45, 7) is 6.22. The van der Waals surface area contributed by atoms with Crippen LogP contribution in [0.2, 0.25) is 0 Å². The van der Waals surface area contributed by atoms with Gasteiger partial charge >= 0.3 is 13.6 Å². The van der Waals surface area contributed by atoms with Crippen molar-refractivity contribution in [2.45, 2.75) is 52.9 Å². The first-order valence-corrected chi connectivity index (χ1v) is 7.82. The molecule has 5 nitrogen and oxygen atoms in total. The summed E-state index contributed by atoms with van der Waals surface area (Å²) in [7, 11) is -4.07. The molecule has 0 aliphatic carbocycles. The number of carbonyl (C=O) groups is 1. The zero-order chi connectivity index (χ0) is 13.9. The highest BCUT2D eigenvalue weighted by Crippen LogP contribution is 2.38. The number of carboxylic acids is 1. The quantitative estimate of drug-likeness (QED) is 0.617. The van der Waals surface area contributed by atoms with E-state index < -0.39 is 19.5 Å². The van der Waals surface area contributed by atoms with Crippen molar-refractivity contribution in [1.82, 2.24) is 0 Å². The van der Waals surface area contributed by atoms with Gasteiger partial charge in [-0.2, -0.15) is 0 Å². The molecule has 1 unspecified atom stereocenters. The van der Waals surface area contributed by atoms with E-state index >= 15 is 0 Å². The van der Waals surface area contributed by atoms with Gasteiger partial charge in [-0.05, 0) is 12.3 Å². The minimum absolute atomic E-state index is 0.168. The molecule has 0 radical (unpaired) electrons. The molecular formula is C11H25O5P. The van der Waals surface area contributed by atoms with Crippen LogP contribution < -0.4 is 0 Å². The van der Waals surface area contributed by atoms with Gasteiger partial charge in [-0.1, -0.05) is 40.0 Å². The average molecular weight is 268 g/mol. The van der Waals surface area contributed by atoms with Gasteiger partial charge in [0.15, 0.2) is 0 Å². The van der Waals surface area contributed by atoms with Crippen LogP contribution in [0.4, 0.5) is 0 Å². The third-order valence-electron chi connectivity index (χ3n) is 2.16. The van der Waals surface area contributed by atoms with E-state index in [9.17, 15) is 9.36 Å². The van der Waals surface area contributed by atoms with Gasteiger partial charge in [0.1, 0.15) is 0 Å². The molecule has 0 spiro atoms. The van der Waals surface area contributed by atoms with E-state index in [0.29, 0.717) is 6.42 Å². The van der Waals surface area contributed by atoms with Crippen molar-refractivity contribution in [3.63, 3.8) is 0 Å². The van der Waals surface area contributed by atoms with Crippen molar-refractivity contribution in [3.8, 4) is 0 Å². The average Bonchev–Trinajstić information content (AvgIpc) is 2.15. The van der Waals surface area contributed by atoms with Gasteiger partial charge in [0.05, 0.1) is 6.16 Å². The predicted octanol–water partition coefficient (Wildman–Crippen LogP) is 2.86. The van der Waals surface area contributed by atoms with Gasteiger partial charge in [0.2, 0.25) is 0 Å². The highest BCUT2D eigenvalue weighted by Gasteiger charge is 2.22. The smallest absolute Gasteiger partial charge is 0.325 e. The number of unbranched alkanes of at least 4 members (excludes halogenated alkanes) is 1. The summed E-state index contributed by atoms with van der Waals surface area (Å²) in [4.78, 5) is 27.6. The Balaban J connectivity index is 0. The Morgan fingerprint density at radius 3 is 1.82 bits per heavy atom. The van der Waals surface area contributed by atoms with E-state index in [1.807, 2.05) is 6.92 Å². The van der Waals surface area contributed by atoms with Gasteiger partial charge < -0.3 is 14.9 Å². The first kappa shape index (κ1) is 19.0. The fraction of sp³-hybridized carbons (Fsp3) is 0.909. The number of rotatable bonds is 7. The van der Waals surface area contributed by atoms with E-state index in [-0.39, 0.29) is 12.6 Å². The van der Waals surface area contributed by atoms with Crippen molar-refractivity contribution >= 4 is 13.6 Å². The number of carboxylic acid groups (broad SMARTS) is 1. The van der Waals surface area contributed by atoms with E-state index in [1.54, 1.807) is 0 Å². The number of hydrogen-bond donors (Lipinski definition) is 3. The lowest BCUT2D eigenvalue weighted by Crippen LogP contribution is -2.12.